The van der Waals surface area contributed by atoms with Gasteiger partial charge in [-0.2, -0.15) is 26.3 Å². The van der Waals surface area contributed by atoms with Crippen molar-refractivity contribution in [3.8, 4) is 0 Å². The molecule has 0 aliphatic heterocycles. The zero-order chi connectivity index (χ0) is 10.9. The van der Waals surface area contributed by atoms with Gasteiger partial charge < -0.3 is 5.11 Å². The summed E-state index contributed by atoms with van der Waals surface area (Å²) in [4.78, 5) is 0. The van der Waals surface area contributed by atoms with E-state index in [9.17, 15) is 26.3 Å². The second-order valence-electron chi connectivity index (χ2n) is 2.16. The van der Waals surface area contributed by atoms with E-state index in [0.717, 1.165) is 0 Å². The SMILES string of the molecule is [CH2]C=CC(O)(C(F)(F)F)C(F)(F)F. The summed E-state index contributed by atoms with van der Waals surface area (Å²) < 4.78 is 70.4. The summed E-state index contributed by atoms with van der Waals surface area (Å²) in [6.07, 6.45) is -11.8. The predicted octanol–water partition coefficient (Wildman–Crippen LogP) is 2.23. The lowest BCUT2D eigenvalue weighted by Crippen LogP contribution is -2.55. The Kier molecular flexibility index (Phi) is 3.03. The summed E-state index contributed by atoms with van der Waals surface area (Å²) >= 11 is 0. The lowest BCUT2D eigenvalue weighted by atomic mass is 10.0. The largest absolute Gasteiger partial charge is 0.429 e. The molecule has 0 saturated carbocycles. The van der Waals surface area contributed by atoms with E-state index >= 15 is 0 Å². The Morgan fingerprint density at radius 2 is 1.23 bits per heavy atom. The van der Waals surface area contributed by atoms with Crippen molar-refractivity contribution >= 4 is 0 Å². The molecule has 0 aromatic carbocycles. The lowest BCUT2D eigenvalue weighted by molar-refractivity contribution is -0.347. The molecule has 0 aromatic heterocycles. The molecule has 0 amide bonds. The van der Waals surface area contributed by atoms with Crippen LogP contribution >= 0.6 is 0 Å². The Morgan fingerprint density at radius 3 is 1.31 bits per heavy atom. The molecule has 1 N–H and O–H groups in total. The van der Waals surface area contributed by atoms with Crippen LogP contribution in [0.2, 0.25) is 0 Å². The minimum absolute atomic E-state index is 0.237. The van der Waals surface area contributed by atoms with Crippen molar-refractivity contribution in [2.75, 3.05) is 0 Å². The van der Waals surface area contributed by atoms with Crippen molar-refractivity contribution in [3.05, 3.63) is 19.1 Å². The molecule has 0 aliphatic carbocycles. The van der Waals surface area contributed by atoms with E-state index in [0.29, 0.717) is 0 Å². The van der Waals surface area contributed by atoms with Gasteiger partial charge in [0.1, 0.15) is 0 Å². The average Bonchev–Trinajstić information content (AvgIpc) is 1.82. The molecule has 0 aromatic rings. The zero-order valence-electron chi connectivity index (χ0n) is 6.08. The van der Waals surface area contributed by atoms with Gasteiger partial charge in [-0.1, -0.05) is 6.08 Å². The molecule has 0 fully saturated rings. The maximum Gasteiger partial charge on any atom is 0.429 e. The zero-order valence-corrected chi connectivity index (χ0v) is 6.08. The number of hydrogen-bond donors (Lipinski definition) is 1. The van der Waals surface area contributed by atoms with Crippen molar-refractivity contribution in [1.29, 1.82) is 0 Å². The first-order valence-corrected chi connectivity index (χ1v) is 2.89. The van der Waals surface area contributed by atoms with Gasteiger partial charge in [-0.15, -0.1) is 0 Å². The van der Waals surface area contributed by atoms with Gasteiger partial charge in [0.15, 0.2) is 0 Å². The quantitative estimate of drug-likeness (QED) is 0.653. The number of allylic oxidation sites excluding steroid dienone is 1. The van der Waals surface area contributed by atoms with Gasteiger partial charge in [0, 0.05) is 0 Å². The molecule has 0 aliphatic rings. The molecule has 0 unspecified atom stereocenters. The fraction of sp³-hybridized carbons (Fsp3) is 0.500. The number of alkyl halides is 6. The molecule has 0 spiro atoms. The third-order valence-electron chi connectivity index (χ3n) is 1.22. The smallest absolute Gasteiger partial charge is 0.370 e. The van der Waals surface area contributed by atoms with Gasteiger partial charge in [0.05, 0.1) is 0 Å². The minimum Gasteiger partial charge on any atom is -0.370 e. The van der Waals surface area contributed by atoms with Crippen LogP contribution < -0.4 is 0 Å². The van der Waals surface area contributed by atoms with Gasteiger partial charge in [0.2, 0.25) is 0 Å². The molecule has 0 saturated heterocycles. The van der Waals surface area contributed by atoms with Crippen LogP contribution in [-0.4, -0.2) is 23.1 Å². The fourth-order valence-corrected chi connectivity index (χ4v) is 0.520. The van der Waals surface area contributed by atoms with Crippen molar-refractivity contribution in [3.63, 3.8) is 0 Å². The maximum atomic E-state index is 11.7. The Hall–Kier alpha value is -0.720. The summed E-state index contributed by atoms with van der Waals surface area (Å²) in [6.45, 7) is 2.66. The van der Waals surface area contributed by atoms with Gasteiger partial charge in [-0.3, -0.25) is 0 Å². The second-order valence-corrected chi connectivity index (χ2v) is 2.16. The highest BCUT2D eigenvalue weighted by molar-refractivity contribution is 5.11. The normalized spacial score (nSPS) is 15.4. The van der Waals surface area contributed by atoms with Crippen LogP contribution in [-0.2, 0) is 0 Å². The number of hydrogen-bond acceptors (Lipinski definition) is 1. The predicted molar refractivity (Wildman–Crippen MR) is 31.6 cm³/mol. The summed E-state index contributed by atoms with van der Waals surface area (Å²) in [7, 11) is 0. The van der Waals surface area contributed by atoms with Crippen LogP contribution in [0.4, 0.5) is 26.3 Å². The molecule has 1 radical (unpaired) electrons. The second kappa shape index (κ2) is 3.21. The summed E-state index contributed by atoms with van der Waals surface area (Å²) in [5, 5.41) is 8.31. The summed E-state index contributed by atoms with van der Waals surface area (Å²) in [5.74, 6) is 0. The van der Waals surface area contributed by atoms with Crippen molar-refractivity contribution in [2.24, 2.45) is 0 Å². The monoisotopic (exact) mass is 207 g/mol. The van der Waals surface area contributed by atoms with E-state index in [1.54, 1.807) is 0 Å². The molecule has 0 bridgehead atoms. The molecule has 7 heteroatoms. The first kappa shape index (κ1) is 12.3. The summed E-state index contributed by atoms with van der Waals surface area (Å²) in [5.41, 5.74) is -4.82. The average molecular weight is 207 g/mol. The van der Waals surface area contributed by atoms with Crippen molar-refractivity contribution in [2.45, 2.75) is 18.0 Å². The van der Waals surface area contributed by atoms with E-state index < -0.39 is 24.0 Å². The van der Waals surface area contributed by atoms with E-state index in [2.05, 4.69) is 6.92 Å². The molecule has 77 valence electrons. The van der Waals surface area contributed by atoms with E-state index in [1.807, 2.05) is 0 Å². The molecule has 0 rings (SSSR count). The molecule has 0 atom stereocenters. The topological polar surface area (TPSA) is 20.2 Å². The molecule has 0 heterocycles. The highest BCUT2D eigenvalue weighted by Gasteiger charge is 2.68. The molecule has 1 nitrogen and oxygen atoms in total. The van der Waals surface area contributed by atoms with Gasteiger partial charge >= 0.3 is 12.4 Å². The highest BCUT2D eigenvalue weighted by Crippen LogP contribution is 2.43. The van der Waals surface area contributed by atoms with Gasteiger partial charge in [0.25, 0.3) is 5.60 Å². The Labute approximate surface area is 69.7 Å². The van der Waals surface area contributed by atoms with Crippen LogP contribution in [0, 0.1) is 6.92 Å². The summed E-state index contributed by atoms with van der Waals surface area (Å²) in [6, 6.07) is 0. The first-order chi connectivity index (χ1) is 5.56. The van der Waals surface area contributed by atoms with Crippen LogP contribution in [0.1, 0.15) is 0 Å². The number of rotatable bonds is 1. The van der Waals surface area contributed by atoms with Gasteiger partial charge in [-0.05, 0) is 13.0 Å². The van der Waals surface area contributed by atoms with Crippen molar-refractivity contribution < 1.29 is 31.4 Å². The van der Waals surface area contributed by atoms with Crippen LogP contribution in [0.5, 0.6) is 0 Å². The Bertz CT molecular complexity index is 186. The van der Waals surface area contributed by atoms with E-state index in [1.165, 1.54) is 0 Å². The minimum atomic E-state index is -5.81. The van der Waals surface area contributed by atoms with Crippen LogP contribution in [0.3, 0.4) is 0 Å². The number of halogens is 6. The van der Waals surface area contributed by atoms with E-state index in [-0.39, 0.29) is 6.08 Å². The van der Waals surface area contributed by atoms with Crippen LogP contribution in [0.25, 0.3) is 0 Å². The highest BCUT2D eigenvalue weighted by atomic mass is 19.4. The van der Waals surface area contributed by atoms with Crippen molar-refractivity contribution in [1.82, 2.24) is 0 Å². The number of aliphatic hydroxyl groups is 1. The molecular formula is C6H5F6O. The van der Waals surface area contributed by atoms with Crippen LogP contribution in [0.15, 0.2) is 12.2 Å². The first-order valence-electron chi connectivity index (χ1n) is 2.89. The molecular weight excluding hydrogens is 202 g/mol. The Morgan fingerprint density at radius 1 is 0.923 bits per heavy atom. The third-order valence-corrected chi connectivity index (χ3v) is 1.22. The fourth-order valence-electron chi connectivity index (χ4n) is 0.520. The lowest BCUT2D eigenvalue weighted by Gasteiger charge is -2.29. The van der Waals surface area contributed by atoms with Gasteiger partial charge in [-0.25, -0.2) is 0 Å². The standard InChI is InChI=1S/C6H5F6O/c1-2-3-4(13,5(7,8)9)6(10,11)12/h2-3,13H,1H2. The Balaban J connectivity index is 5.21. The van der Waals surface area contributed by atoms with E-state index in [4.69, 9.17) is 5.11 Å². The maximum absolute atomic E-state index is 11.7. The third kappa shape index (κ3) is 2.15. The molecule has 13 heavy (non-hydrogen) atoms.